The summed E-state index contributed by atoms with van der Waals surface area (Å²) in [6, 6.07) is 74.3. The van der Waals surface area contributed by atoms with E-state index in [4.69, 9.17) is 4.98 Å². The second-order valence-corrected chi connectivity index (χ2v) is 14.8. The van der Waals surface area contributed by atoms with Gasteiger partial charge in [0.2, 0.25) is 0 Å². The van der Waals surface area contributed by atoms with Gasteiger partial charge in [0, 0.05) is 17.3 Å². The van der Waals surface area contributed by atoms with Crippen molar-refractivity contribution < 1.29 is 0 Å². The number of pyridine rings is 1. The van der Waals surface area contributed by atoms with Crippen LogP contribution in [0, 0.1) is 0 Å². The van der Waals surface area contributed by atoms with Crippen molar-refractivity contribution in [3.8, 4) is 33.4 Å². The maximum absolute atomic E-state index is 5.46. The zero-order valence-electron chi connectivity index (χ0n) is 31.2. The van der Waals surface area contributed by atoms with Crippen LogP contribution in [0.15, 0.2) is 212 Å². The van der Waals surface area contributed by atoms with E-state index < -0.39 is 0 Å². The standard InChI is InChI=1S/C55H36N2/c1-3-15-41(16-4-1)50(42-17-5-2-6-18-42)33-37-23-25-40(26-24-37)47-31-32-51-56-54-52(45-29-27-38-13-7-9-19-43(38)34-45)48-21-11-12-22-49(48)53(55(54)57(51)36-47)46-30-28-39-14-8-10-20-44(39)35-46/h1-36H. The van der Waals surface area contributed by atoms with Gasteiger partial charge >= 0.3 is 0 Å². The maximum atomic E-state index is 5.46. The zero-order valence-corrected chi connectivity index (χ0v) is 31.2. The Labute approximate surface area is 331 Å². The minimum absolute atomic E-state index is 0.919. The summed E-state index contributed by atoms with van der Waals surface area (Å²) in [6.45, 7) is 0. The fourth-order valence-corrected chi connectivity index (χ4v) is 8.58. The second kappa shape index (κ2) is 13.6. The highest BCUT2D eigenvalue weighted by atomic mass is 15.0. The van der Waals surface area contributed by atoms with Crippen LogP contribution < -0.4 is 0 Å². The van der Waals surface area contributed by atoms with E-state index in [-0.39, 0.29) is 0 Å². The molecule has 9 aromatic carbocycles. The third-order valence-corrected chi connectivity index (χ3v) is 11.4. The van der Waals surface area contributed by atoms with Gasteiger partial charge in [-0.1, -0.05) is 182 Å². The van der Waals surface area contributed by atoms with Crippen molar-refractivity contribution in [2.45, 2.75) is 0 Å². The third-order valence-electron chi connectivity index (χ3n) is 11.4. The number of nitrogens with zero attached hydrogens (tertiary/aromatic N) is 2. The van der Waals surface area contributed by atoms with Crippen LogP contribution >= 0.6 is 0 Å². The van der Waals surface area contributed by atoms with E-state index >= 15 is 0 Å². The lowest BCUT2D eigenvalue weighted by Crippen LogP contribution is -1.93. The number of rotatable bonds is 6. The summed E-state index contributed by atoms with van der Waals surface area (Å²) in [7, 11) is 0. The Hall–Kier alpha value is -7.55. The van der Waals surface area contributed by atoms with Gasteiger partial charge in [-0.15, -0.1) is 0 Å². The molecule has 0 aliphatic carbocycles. The number of hydrogen-bond acceptors (Lipinski definition) is 1. The van der Waals surface area contributed by atoms with Crippen molar-refractivity contribution in [3.63, 3.8) is 0 Å². The van der Waals surface area contributed by atoms with E-state index in [0.29, 0.717) is 0 Å². The van der Waals surface area contributed by atoms with Gasteiger partial charge in [-0.3, -0.25) is 4.40 Å². The molecule has 0 amide bonds. The smallest absolute Gasteiger partial charge is 0.137 e. The SMILES string of the molecule is C(=C(c1ccccc1)c1ccccc1)c1ccc(-c2ccc3nc4c(-c5ccc6ccccc6c5)c5ccccc5c(-c5ccc6ccccc6c5)c4n3c2)cc1. The first-order valence-corrected chi connectivity index (χ1v) is 19.5. The molecular formula is C55H36N2. The van der Waals surface area contributed by atoms with E-state index in [2.05, 4.69) is 223 Å². The molecule has 0 aliphatic rings. The quantitative estimate of drug-likeness (QED) is 0.156. The van der Waals surface area contributed by atoms with E-state index in [0.717, 1.165) is 44.5 Å². The van der Waals surface area contributed by atoms with Gasteiger partial charge in [0.25, 0.3) is 0 Å². The predicted octanol–water partition coefficient (Wildman–Crippen LogP) is 14.5. The minimum atomic E-state index is 0.919. The van der Waals surface area contributed by atoms with Crippen molar-refractivity contribution in [1.29, 1.82) is 0 Å². The molecule has 11 aromatic rings. The molecule has 57 heavy (non-hydrogen) atoms. The molecule has 0 bridgehead atoms. The molecule has 2 nitrogen and oxygen atoms in total. The van der Waals surface area contributed by atoms with Crippen molar-refractivity contribution in [3.05, 3.63) is 229 Å². The van der Waals surface area contributed by atoms with Gasteiger partial charge < -0.3 is 0 Å². The van der Waals surface area contributed by atoms with Crippen LogP contribution in [-0.2, 0) is 0 Å². The molecule has 0 fully saturated rings. The van der Waals surface area contributed by atoms with E-state index in [1.807, 2.05) is 0 Å². The summed E-state index contributed by atoms with van der Waals surface area (Å²) in [4.78, 5) is 5.46. The Morgan fingerprint density at radius 3 is 1.51 bits per heavy atom. The fourth-order valence-electron chi connectivity index (χ4n) is 8.58. The van der Waals surface area contributed by atoms with E-state index in [1.54, 1.807) is 0 Å². The molecule has 2 heterocycles. The molecule has 0 saturated heterocycles. The van der Waals surface area contributed by atoms with Crippen LogP contribution in [0.3, 0.4) is 0 Å². The molecule has 0 saturated carbocycles. The molecule has 266 valence electrons. The summed E-state index contributed by atoms with van der Waals surface area (Å²) in [5.41, 5.74) is 14.8. The first-order chi connectivity index (χ1) is 28.2. The van der Waals surface area contributed by atoms with Gasteiger partial charge in [0.15, 0.2) is 0 Å². The highest BCUT2D eigenvalue weighted by Crippen LogP contribution is 2.45. The van der Waals surface area contributed by atoms with Crippen LogP contribution in [0.5, 0.6) is 0 Å². The molecule has 0 radical (unpaired) electrons. The number of aromatic nitrogens is 2. The van der Waals surface area contributed by atoms with E-state index in [1.165, 1.54) is 60.1 Å². The van der Waals surface area contributed by atoms with Crippen LogP contribution in [0.1, 0.15) is 16.7 Å². The molecule has 0 atom stereocenters. The van der Waals surface area contributed by atoms with Gasteiger partial charge in [0.1, 0.15) is 5.65 Å². The van der Waals surface area contributed by atoms with E-state index in [9.17, 15) is 0 Å². The lowest BCUT2D eigenvalue weighted by molar-refractivity contribution is 1.23. The summed E-state index contributed by atoms with van der Waals surface area (Å²) in [5.74, 6) is 0. The zero-order chi connectivity index (χ0) is 37.7. The van der Waals surface area contributed by atoms with Gasteiger partial charge in [-0.2, -0.15) is 0 Å². The summed E-state index contributed by atoms with van der Waals surface area (Å²) in [5, 5.41) is 7.30. The molecule has 0 spiro atoms. The van der Waals surface area contributed by atoms with Crippen molar-refractivity contribution in [1.82, 2.24) is 9.38 Å². The fraction of sp³-hybridized carbons (Fsp3) is 0. The lowest BCUT2D eigenvalue weighted by atomic mass is 9.89. The molecule has 0 N–H and O–H groups in total. The first kappa shape index (κ1) is 32.8. The first-order valence-electron chi connectivity index (χ1n) is 19.5. The molecule has 2 heteroatoms. The van der Waals surface area contributed by atoms with Crippen molar-refractivity contribution in [2.75, 3.05) is 0 Å². The van der Waals surface area contributed by atoms with Gasteiger partial charge in [0.05, 0.1) is 11.0 Å². The predicted molar refractivity (Wildman–Crippen MR) is 241 cm³/mol. The summed E-state index contributed by atoms with van der Waals surface area (Å²) in [6.07, 6.45) is 4.56. The number of fused-ring (bicyclic) bond motifs is 6. The topological polar surface area (TPSA) is 17.3 Å². The normalized spacial score (nSPS) is 11.5. The van der Waals surface area contributed by atoms with Crippen LogP contribution in [0.2, 0.25) is 0 Å². The second-order valence-electron chi connectivity index (χ2n) is 14.8. The van der Waals surface area contributed by atoms with Crippen LogP contribution in [-0.4, -0.2) is 9.38 Å². The summed E-state index contributed by atoms with van der Waals surface area (Å²) < 4.78 is 2.32. The van der Waals surface area contributed by atoms with Gasteiger partial charge in [-0.25, -0.2) is 4.98 Å². The molecule has 2 aromatic heterocycles. The lowest BCUT2D eigenvalue weighted by Gasteiger charge is -2.16. The van der Waals surface area contributed by atoms with Gasteiger partial charge in [-0.05, 0) is 107 Å². The van der Waals surface area contributed by atoms with Crippen LogP contribution in [0.25, 0.3) is 94.0 Å². The van der Waals surface area contributed by atoms with Crippen molar-refractivity contribution in [2.24, 2.45) is 0 Å². The molecule has 0 aliphatic heterocycles. The highest BCUT2D eigenvalue weighted by molar-refractivity contribution is 6.21. The third kappa shape index (κ3) is 5.78. The summed E-state index contributed by atoms with van der Waals surface area (Å²) >= 11 is 0. The minimum Gasteiger partial charge on any atom is -0.298 e. The van der Waals surface area contributed by atoms with Crippen LogP contribution in [0.4, 0.5) is 0 Å². The number of hydrogen-bond donors (Lipinski definition) is 0. The Bertz CT molecular complexity index is 3280. The number of imidazole rings is 1. The Morgan fingerprint density at radius 1 is 0.404 bits per heavy atom. The highest BCUT2D eigenvalue weighted by Gasteiger charge is 2.22. The molecule has 0 unspecified atom stereocenters. The Balaban J connectivity index is 1.12. The number of benzene rings is 9. The largest absolute Gasteiger partial charge is 0.298 e. The molecular weight excluding hydrogens is 689 g/mol. The average Bonchev–Trinajstić information content (AvgIpc) is 3.66. The monoisotopic (exact) mass is 724 g/mol. The maximum Gasteiger partial charge on any atom is 0.137 e. The Morgan fingerprint density at radius 2 is 0.895 bits per heavy atom. The Kier molecular flexibility index (Phi) is 7.86. The average molecular weight is 725 g/mol. The molecule has 11 rings (SSSR count). The van der Waals surface area contributed by atoms with Crippen molar-refractivity contribution >= 4 is 60.6 Å².